The van der Waals surface area contributed by atoms with Gasteiger partial charge in [0.2, 0.25) is 0 Å². The smallest absolute Gasteiger partial charge is 0.337 e. The number of nitrogens with zero attached hydrogens (tertiary/aromatic N) is 2. The van der Waals surface area contributed by atoms with E-state index in [0.29, 0.717) is 32.0 Å². The molecule has 6 nitrogen and oxygen atoms in total. The normalized spacial score (nSPS) is 15.1. The quantitative estimate of drug-likeness (QED) is 0.873. The summed E-state index contributed by atoms with van der Waals surface area (Å²) in [5.41, 5.74) is 0.512. The highest BCUT2D eigenvalue weighted by molar-refractivity contribution is 6.01. The van der Waals surface area contributed by atoms with Crippen molar-refractivity contribution in [2.75, 3.05) is 38.3 Å². The number of carboxylic acids is 1. The zero-order valence-electron chi connectivity index (χ0n) is 10.7. The van der Waals surface area contributed by atoms with Gasteiger partial charge in [-0.3, -0.25) is 4.90 Å². The van der Waals surface area contributed by atoms with E-state index in [2.05, 4.69) is 0 Å². The lowest BCUT2D eigenvalue weighted by Crippen LogP contribution is -2.47. The van der Waals surface area contributed by atoms with Crippen molar-refractivity contribution in [1.82, 2.24) is 4.90 Å². The molecule has 19 heavy (non-hydrogen) atoms. The third kappa shape index (κ3) is 2.85. The number of aromatic carboxylic acids is 1. The summed E-state index contributed by atoms with van der Waals surface area (Å²) in [5.74, 6) is -1.04. The SMILES string of the molecule is CN(C(=O)N1CCOCC1)c1ccccc1C(=O)O. The van der Waals surface area contributed by atoms with Crippen molar-refractivity contribution in [3.63, 3.8) is 0 Å². The summed E-state index contributed by atoms with van der Waals surface area (Å²) in [7, 11) is 1.58. The second-order valence-corrected chi connectivity index (χ2v) is 4.26. The van der Waals surface area contributed by atoms with Crippen LogP contribution in [-0.2, 0) is 4.74 Å². The summed E-state index contributed by atoms with van der Waals surface area (Å²) in [4.78, 5) is 26.5. The predicted molar refractivity (Wildman–Crippen MR) is 69.6 cm³/mol. The van der Waals surface area contributed by atoms with Crippen LogP contribution in [-0.4, -0.2) is 55.4 Å². The average Bonchev–Trinajstić information content (AvgIpc) is 2.46. The average molecular weight is 264 g/mol. The summed E-state index contributed by atoms with van der Waals surface area (Å²) in [6.07, 6.45) is 0. The topological polar surface area (TPSA) is 70.1 Å². The van der Waals surface area contributed by atoms with Gasteiger partial charge in [-0.2, -0.15) is 0 Å². The van der Waals surface area contributed by atoms with E-state index in [0.717, 1.165) is 0 Å². The second kappa shape index (κ2) is 5.71. The minimum absolute atomic E-state index is 0.117. The Labute approximate surface area is 111 Å². The maximum absolute atomic E-state index is 12.3. The first-order valence-electron chi connectivity index (χ1n) is 6.04. The fourth-order valence-electron chi connectivity index (χ4n) is 2.02. The number of anilines is 1. The Morgan fingerprint density at radius 2 is 1.89 bits per heavy atom. The number of morpholine rings is 1. The lowest BCUT2D eigenvalue weighted by Gasteiger charge is -2.31. The number of carboxylic acid groups (broad SMARTS) is 1. The number of rotatable bonds is 2. The molecule has 0 saturated carbocycles. The molecule has 0 atom stereocenters. The standard InChI is InChI=1S/C13H16N2O4/c1-14(13(18)15-6-8-19-9-7-15)11-5-3-2-4-10(11)12(16)17/h2-5H,6-9H2,1H3,(H,16,17). The Hall–Kier alpha value is -2.08. The highest BCUT2D eigenvalue weighted by atomic mass is 16.5. The zero-order chi connectivity index (χ0) is 13.8. The molecule has 1 aromatic rings. The van der Waals surface area contributed by atoms with Crippen LogP contribution < -0.4 is 4.90 Å². The van der Waals surface area contributed by atoms with E-state index in [1.54, 1.807) is 30.1 Å². The molecular formula is C13H16N2O4. The van der Waals surface area contributed by atoms with Gasteiger partial charge in [-0.1, -0.05) is 12.1 Å². The molecule has 0 aliphatic carbocycles. The van der Waals surface area contributed by atoms with E-state index in [-0.39, 0.29) is 11.6 Å². The number of ether oxygens (including phenoxy) is 1. The fraction of sp³-hybridized carbons (Fsp3) is 0.385. The maximum Gasteiger partial charge on any atom is 0.337 e. The van der Waals surface area contributed by atoms with E-state index in [4.69, 9.17) is 9.84 Å². The van der Waals surface area contributed by atoms with E-state index < -0.39 is 5.97 Å². The zero-order valence-corrected chi connectivity index (χ0v) is 10.7. The predicted octanol–water partition coefficient (Wildman–Crippen LogP) is 1.27. The highest BCUT2D eigenvalue weighted by Crippen LogP contribution is 2.20. The minimum Gasteiger partial charge on any atom is -0.478 e. The van der Waals surface area contributed by atoms with E-state index in [1.807, 2.05) is 0 Å². The molecule has 6 heteroatoms. The third-order valence-corrected chi connectivity index (χ3v) is 3.06. The number of hydrogen-bond donors (Lipinski definition) is 1. The molecule has 1 aromatic carbocycles. The maximum atomic E-state index is 12.3. The summed E-state index contributed by atoms with van der Waals surface area (Å²) >= 11 is 0. The molecular weight excluding hydrogens is 248 g/mol. The first-order chi connectivity index (χ1) is 9.11. The van der Waals surface area contributed by atoms with Crippen LogP contribution in [0.5, 0.6) is 0 Å². The molecule has 2 rings (SSSR count). The van der Waals surface area contributed by atoms with E-state index >= 15 is 0 Å². The van der Waals surface area contributed by atoms with Gasteiger partial charge in [-0.25, -0.2) is 9.59 Å². The molecule has 0 aromatic heterocycles. The number of benzene rings is 1. The molecule has 1 aliphatic heterocycles. The molecule has 1 N–H and O–H groups in total. The van der Waals surface area contributed by atoms with Gasteiger partial charge < -0.3 is 14.7 Å². The van der Waals surface area contributed by atoms with Crippen LogP contribution >= 0.6 is 0 Å². The van der Waals surface area contributed by atoms with Gasteiger partial charge >= 0.3 is 12.0 Å². The van der Waals surface area contributed by atoms with Crippen molar-refractivity contribution in [1.29, 1.82) is 0 Å². The van der Waals surface area contributed by atoms with Crippen molar-refractivity contribution < 1.29 is 19.4 Å². The van der Waals surface area contributed by atoms with Crippen molar-refractivity contribution in [2.45, 2.75) is 0 Å². The summed E-state index contributed by atoms with van der Waals surface area (Å²) in [6, 6.07) is 6.25. The molecule has 1 fully saturated rings. The van der Waals surface area contributed by atoms with Crippen molar-refractivity contribution in [3.05, 3.63) is 29.8 Å². The van der Waals surface area contributed by atoms with Crippen LogP contribution in [0.1, 0.15) is 10.4 Å². The van der Waals surface area contributed by atoms with Crippen LogP contribution in [0, 0.1) is 0 Å². The lowest BCUT2D eigenvalue weighted by molar-refractivity contribution is 0.0551. The molecule has 102 valence electrons. The number of urea groups is 1. The Balaban J connectivity index is 2.21. The summed E-state index contributed by atoms with van der Waals surface area (Å²) in [6.45, 7) is 2.08. The summed E-state index contributed by atoms with van der Waals surface area (Å²) in [5, 5.41) is 9.14. The van der Waals surface area contributed by atoms with Gasteiger partial charge in [0.25, 0.3) is 0 Å². The second-order valence-electron chi connectivity index (χ2n) is 4.26. The number of para-hydroxylation sites is 1. The Kier molecular flexibility index (Phi) is 4.01. The van der Waals surface area contributed by atoms with Crippen molar-refractivity contribution in [3.8, 4) is 0 Å². The molecule has 1 heterocycles. The van der Waals surface area contributed by atoms with E-state index in [1.165, 1.54) is 11.0 Å². The van der Waals surface area contributed by atoms with Gasteiger partial charge in [0.05, 0.1) is 24.5 Å². The number of amides is 2. The first-order valence-corrected chi connectivity index (χ1v) is 6.04. The van der Waals surface area contributed by atoms with Gasteiger partial charge in [0, 0.05) is 20.1 Å². The number of hydrogen-bond acceptors (Lipinski definition) is 3. The minimum atomic E-state index is -1.04. The number of carbonyl (C=O) groups is 2. The molecule has 0 bridgehead atoms. The molecule has 0 radical (unpaired) electrons. The van der Waals surface area contributed by atoms with Crippen LogP contribution in [0.3, 0.4) is 0 Å². The monoisotopic (exact) mass is 264 g/mol. The van der Waals surface area contributed by atoms with Gasteiger partial charge in [0.15, 0.2) is 0 Å². The number of carbonyl (C=O) groups excluding carboxylic acids is 1. The van der Waals surface area contributed by atoms with Crippen molar-refractivity contribution >= 4 is 17.7 Å². The first kappa shape index (κ1) is 13.4. The van der Waals surface area contributed by atoms with Crippen LogP contribution in [0.15, 0.2) is 24.3 Å². The Morgan fingerprint density at radius 3 is 2.53 bits per heavy atom. The third-order valence-electron chi connectivity index (χ3n) is 3.06. The largest absolute Gasteiger partial charge is 0.478 e. The lowest BCUT2D eigenvalue weighted by atomic mass is 10.1. The molecule has 0 spiro atoms. The van der Waals surface area contributed by atoms with Crippen LogP contribution in [0.2, 0.25) is 0 Å². The van der Waals surface area contributed by atoms with Gasteiger partial charge in [0.1, 0.15) is 0 Å². The Bertz CT molecular complexity index is 483. The van der Waals surface area contributed by atoms with E-state index in [9.17, 15) is 9.59 Å². The van der Waals surface area contributed by atoms with Crippen LogP contribution in [0.25, 0.3) is 0 Å². The highest BCUT2D eigenvalue weighted by Gasteiger charge is 2.23. The van der Waals surface area contributed by atoms with Crippen molar-refractivity contribution in [2.24, 2.45) is 0 Å². The Morgan fingerprint density at radius 1 is 1.26 bits per heavy atom. The molecule has 1 aliphatic rings. The van der Waals surface area contributed by atoms with Gasteiger partial charge in [-0.05, 0) is 12.1 Å². The fourth-order valence-corrected chi connectivity index (χ4v) is 2.02. The molecule has 1 saturated heterocycles. The van der Waals surface area contributed by atoms with Crippen LogP contribution in [0.4, 0.5) is 10.5 Å². The molecule has 2 amide bonds. The molecule has 0 unspecified atom stereocenters. The van der Waals surface area contributed by atoms with Gasteiger partial charge in [-0.15, -0.1) is 0 Å². The summed E-state index contributed by atoms with van der Waals surface area (Å²) < 4.78 is 5.19.